The Balaban J connectivity index is 1.71. The van der Waals surface area contributed by atoms with E-state index in [4.69, 9.17) is 4.74 Å². The van der Waals surface area contributed by atoms with Gasteiger partial charge in [-0.3, -0.25) is 0 Å². The third kappa shape index (κ3) is 7.40. The molecule has 0 fully saturated rings. The fraction of sp³-hybridized carbons (Fsp3) is 0.231. The van der Waals surface area contributed by atoms with Crippen LogP contribution in [0.3, 0.4) is 0 Å². The van der Waals surface area contributed by atoms with Crippen molar-refractivity contribution in [3.63, 3.8) is 0 Å². The van der Waals surface area contributed by atoms with Crippen molar-refractivity contribution in [2.24, 2.45) is 0 Å². The van der Waals surface area contributed by atoms with Crippen molar-refractivity contribution in [1.29, 1.82) is 0 Å². The summed E-state index contributed by atoms with van der Waals surface area (Å²) in [6.45, 7) is 1.57. The Hall–Kier alpha value is -2.86. The van der Waals surface area contributed by atoms with Crippen LogP contribution in [0.1, 0.15) is 16.7 Å². The van der Waals surface area contributed by atoms with Crippen LogP contribution in [-0.4, -0.2) is 49.3 Å². The number of likely N-dealkylation sites (N-methyl/N-ethyl adjacent to an activating group) is 1. The first-order valence-electron chi connectivity index (χ1n) is 10.6. The van der Waals surface area contributed by atoms with Crippen LogP contribution in [0.4, 0.5) is 0 Å². The van der Waals surface area contributed by atoms with Gasteiger partial charge < -0.3 is 19.7 Å². The Bertz CT molecular complexity index is 952. The number of hydrogen-bond donors (Lipinski definition) is 2. The van der Waals surface area contributed by atoms with Crippen molar-refractivity contribution in [1.82, 2.24) is 4.90 Å². The number of ether oxygens (including phenoxy) is 1. The molecule has 0 aromatic heterocycles. The van der Waals surface area contributed by atoms with Gasteiger partial charge in [0, 0.05) is 6.54 Å². The van der Waals surface area contributed by atoms with Crippen molar-refractivity contribution in [3.8, 4) is 5.75 Å². The van der Waals surface area contributed by atoms with E-state index in [0.717, 1.165) is 30.7 Å². The van der Waals surface area contributed by atoms with Gasteiger partial charge in [-0.25, -0.2) is 0 Å². The Morgan fingerprint density at radius 1 is 0.871 bits per heavy atom. The molecule has 3 aromatic carbocycles. The molecule has 0 radical (unpaired) electrons. The van der Waals surface area contributed by atoms with Crippen LogP contribution in [0, 0.1) is 0 Å². The molecule has 2 N–H and O–H groups in total. The lowest BCUT2D eigenvalue weighted by Gasteiger charge is -2.12. The standard InChI is InChI=1S/C26H30BNO3/c1-28(2)18-19-31-26-16-11-21(12-17-26)8-13-24(23-6-4-3-5-7-23)20-22-9-14-25(15-10-22)27(29)30/h3-7,9-17,29-30H,8,18-20H2,1-2H3. The van der Waals surface area contributed by atoms with Crippen LogP contribution < -0.4 is 10.2 Å². The summed E-state index contributed by atoms with van der Waals surface area (Å²) in [6, 6.07) is 26.1. The van der Waals surface area contributed by atoms with Crippen molar-refractivity contribution >= 4 is 18.2 Å². The van der Waals surface area contributed by atoms with Crippen LogP contribution in [0.2, 0.25) is 0 Å². The lowest BCUT2D eigenvalue weighted by Crippen LogP contribution is -2.29. The van der Waals surface area contributed by atoms with Crippen molar-refractivity contribution in [3.05, 3.63) is 102 Å². The topological polar surface area (TPSA) is 52.9 Å². The third-order valence-electron chi connectivity index (χ3n) is 5.13. The Kier molecular flexibility index (Phi) is 8.48. The van der Waals surface area contributed by atoms with Crippen molar-refractivity contribution in [2.75, 3.05) is 27.2 Å². The van der Waals surface area contributed by atoms with Crippen LogP contribution in [-0.2, 0) is 12.8 Å². The average molecular weight is 415 g/mol. The molecular formula is C26H30BNO3. The second kappa shape index (κ2) is 11.5. The van der Waals surface area contributed by atoms with Gasteiger partial charge in [0.2, 0.25) is 0 Å². The van der Waals surface area contributed by atoms with E-state index < -0.39 is 7.12 Å². The lowest BCUT2D eigenvalue weighted by molar-refractivity contribution is 0.261. The molecule has 0 atom stereocenters. The number of hydrogen-bond acceptors (Lipinski definition) is 4. The van der Waals surface area contributed by atoms with Crippen LogP contribution >= 0.6 is 0 Å². The van der Waals surface area contributed by atoms with E-state index in [0.29, 0.717) is 12.1 Å². The minimum atomic E-state index is -1.44. The van der Waals surface area contributed by atoms with Gasteiger partial charge in [0.1, 0.15) is 12.4 Å². The highest BCUT2D eigenvalue weighted by Gasteiger charge is 2.10. The van der Waals surface area contributed by atoms with Crippen LogP contribution in [0.25, 0.3) is 5.57 Å². The quantitative estimate of drug-likeness (QED) is 0.500. The summed E-state index contributed by atoms with van der Waals surface area (Å²) in [5, 5.41) is 18.6. The Morgan fingerprint density at radius 2 is 1.52 bits per heavy atom. The number of allylic oxidation sites excluding steroid dienone is 2. The first kappa shape index (κ1) is 22.8. The molecule has 0 saturated heterocycles. The molecule has 0 aliphatic rings. The van der Waals surface area contributed by atoms with E-state index in [2.05, 4.69) is 35.2 Å². The van der Waals surface area contributed by atoms with Crippen LogP contribution in [0.5, 0.6) is 5.75 Å². The maximum Gasteiger partial charge on any atom is 0.488 e. The fourth-order valence-electron chi connectivity index (χ4n) is 3.28. The number of benzene rings is 3. The summed E-state index contributed by atoms with van der Waals surface area (Å²) in [6.07, 6.45) is 3.87. The predicted molar refractivity (Wildman–Crippen MR) is 129 cm³/mol. The van der Waals surface area contributed by atoms with Gasteiger partial charge in [0.15, 0.2) is 0 Å². The van der Waals surface area contributed by atoms with E-state index in [9.17, 15) is 10.0 Å². The van der Waals surface area contributed by atoms with Gasteiger partial charge in [-0.1, -0.05) is 72.8 Å². The number of rotatable bonds is 10. The second-order valence-corrected chi connectivity index (χ2v) is 7.89. The molecule has 3 rings (SSSR count). The average Bonchev–Trinajstić information content (AvgIpc) is 2.78. The molecule has 0 saturated carbocycles. The van der Waals surface area contributed by atoms with Gasteiger partial charge in [-0.15, -0.1) is 0 Å². The summed E-state index contributed by atoms with van der Waals surface area (Å²) in [7, 11) is 2.63. The van der Waals surface area contributed by atoms with Crippen molar-refractivity contribution in [2.45, 2.75) is 12.8 Å². The second-order valence-electron chi connectivity index (χ2n) is 7.89. The lowest BCUT2D eigenvalue weighted by atomic mass is 9.80. The SMILES string of the molecule is CN(C)CCOc1ccc(CC=C(Cc2ccc(B(O)O)cc2)c2ccccc2)cc1. The first-order chi connectivity index (χ1) is 15.0. The molecule has 31 heavy (non-hydrogen) atoms. The molecule has 0 amide bonds. The largest absolute Gasteiger partial charge is 0.492 e. The molecule has 5 heteroatoms. The normalized spacial score (nSPS) is 11.6. The molecule has 0 spiro atoms. The smallest absolute Gasteiger partial charge is 0.488 e. The van der Waals surface area contributed by atoms with Crippen molar-refractivity contribution < 1.29 is 14.8 Å². The summed E-state index contributed by atoms with van der Waals surface area (Å²) >= 11 is 0. The number of nitrogens with zero attached hydrogens (tertiary/aromatic N) is 1. The van der Waals surface area contributed by atoms with Gasteiger partial charge in [-0.05, 0) is 66.8 Å². The Labute approximate surface area is 185 Å². The van der Waals surface area contributed by atoms with Gasteiger partial charge in [0.05, 0.1) is 0 Å². The van der Waals surface area contributed by atoms with Crippen LogP contribution in [0.15, 0.2) is 84.9 Å². The molecule has 0 bridgehead atoms. The maximum absolute atomic E-state index is 9.31. The molecule has 0 unspecified atom stereocenters. The van der Waals surface area contributed by atoms with E-state index in [1.807, 2.05) is 56.6 Å². The maximum atomic E-state index is 9.31. The first-order valence-corrected chi connectivity index (χ1v) is 10.6. The predicted octanol–water partition coefficient (Wildman–Crippen LogP) is 3.18. The van der Waals surface area contributed by atoms with E-state index in [-0.39, 0.29) is 0 Å². The summed E-state index contributed by atoms with van der Waals surface area (Å²) < 4.78 is 5.78. The van der Waals surface area contributed by atoms with Gasteiger partial charge >= 0.3 is 7.12 Å². The molecule has 0 aliphatic carbocycles. The highest BCUT2D eigenvalue weighted by Crippen LogP contribution is 2.21. The minimum absolute atomic E-state index is 0.502. The summed E-state index contributed by atoms with van der Waals surface area (Å²) in [4.78, 5) is 2.10. The monoisotopic (exact) mass is 415 g/mol. The molecule has 3 aromatic rings. The van der Waals surface area contributed by atoms with E-state index in [1.165, 1.54) is 16.7 Å². The highest BCUT2D eigenvalue weighted by molar-refractivity contribution is 6.58. The summed E-state index contributed by atoms with van der Waals surface area (Å²) in [5.74, 6) is 0.893. The zero-order valence-corrected chi connectivity index (χ0v) is 18.2. The van der Waals surface area contributed by atoms with Gasteiger partial charge in [-0.2, -0.15) is 0 Å². The summed E-state index contributed by atoms with van der Waals surface area (Å²) in [5.41, 5.74) is 5.29. The molecule has 160 valence electrons. The zero-order chi connectivity index (χ0) is 22.1. The zero-order valence-electron chi connectivity index (χ0n) is 18.2. The molecule has 4 nitrogen and oxygen atoms in total. The highest BCUT2D eigenvalue weighted by atomic mass is 16.5. The third-order valence-corrected chi connectivity index (χ3v) is 5.13. The van der Waals surface area contributed by atoms with E-state index >= 15 is 0 Å². The molecule has 0 heterocycles. The Morgan fingerprint density at radius 3 is 2.13 bits per heavy atom. The fourth-order valence-corrected chi connectivity index (χ4v) is 3.28. The molecule has 0 aliphatic heterocycles. The van der Waals surface area contributed by atoms with E-state index in [1.54, 1.807) is 12.1 Å². The minimum Gasteiger partial charge on any atom is -0.492 e. The molecular weight excluding hydrogens is 385 g/mol. The van der Waals surface area contributed by atoms with Gasteiger partial charge in [0.25, 0.3) is 0 Å².